The minimum Gasteiger partial charge on any atom is -0.480 e. The third kappa shape index (κ3) is 4.80. The Balaban J connectivity index is 2.68. The summed E-state index contributed by atoms with van der Waals surface area (Å²) in [5.41, 5.74) is 1.26. The fraction of sp³-hybridized carbons (Fsp3) is 0.333. The van der Waals surface area contributed by atoms with Crippen molar-refractivity contribution < 1.29 is 28.5 Å². The summed E-state index contributed by atoms with van der Waals surface area (Å²) in [4.78, 5) is 17.7. The molecule has 0 fully saturated rings. The SMILES string of the molecule is C#CC(C(=O)O)([PH](=O)OC)C(C)(O)c1c(C(C)C)nc(-c2ccccc2)c(C(C)C)c1-c1ccc(F)cc1. The molecule has 0 aliphatic heterocycles. The quantitative estimate of drug-likeness (QED) is 0.236. The van der Waals surface area contributed by atoms with Gasteiger partial charge in [-0.3, -0.25) is 9.55 Å². The maximum Gasteiger partial charge on any atom is 0.335 e. The van der Waals surface area contributed by atoms with Crippen LogP contribution in [0.3, 0.4) is 0 Å². The van der Waals surface area contributed by atoms with E-state index in [1.54, 1.807) is 12.1 Å². The van der Waals surface area contributed by atoms with Gasteiger partial charge in [0.25, 0.3) is 0 Å². The van der Waals surface area contributed by atoms with Gasteiger partial charge in [0.15, 0.2) is 0 Å². The predicted octanol–water partition coefficient (Wildman–Crippen LogP) is 6.59. The van der Waals surface area contributed by atoms with Crippen molar-refractivity contribution in [3.63, 3.8) is 0 Å². The molecule has 1 heterocycles. The fourth-order valence-corrected chi connectivity index (χ4v) is 6.04. The fourth-order valence-electron chi connectivity index (χ4n) is 4.92. The van der Waals surface area contributed by atoms with Crippen molar-refractivity contribution in [3.05, 3.63) is 77.2 Å². The first-order valence-corrected chi connectivity index (χ1v) is 13.6. The third-order valence-electron chi connectivity index (χ3n) is 6.81. The van der Waals surface area contributed by atoms with E-state index in [1.807, 2.05) is 58.0 Å². The van der Waals surface area contributed by atoms with Crippen molar-refractivity contribution in [2.75, 3.05) is 7.11 Å². The summed E-state index contributed by atoms with van der Waals surface area (Å²) >= 11 is 0. The second-order valence-electron chi connectivity index (χ2n) is 9.95. The van der Waals surface area contributed by atoms with Crippen LogP contribution in [0.15, 0.2) is 54.6 Å². The summed E-state index contributed by atoms with van der Waals surface area (Å²) in [6.45, 7) is 8.86. The van der Waals surface area contributed by atoms with Crippen LogP contribution in [0.2, 0.25) is 0 Å². The summed E-state index contributed by atoms with van der Waals surface area (Å²) in [7, 11) is -2.45. The summed E-state index contributed by atoms with van der Waals surface area (Å²) in [6.07, 6.45) is 5.75. The number of aliphatic carboxylic acids is 1. The lowest BCUT2D eigenvalue weighted by Crippen LogP contribution is -2.53. The van der Waals surface area contributed by atoms with E-state index in [4.69, 9.17) is 15.9 Å². The lowest BCUT2D eigenvalue weighted by atomic mass is 9.73. The Bertz CT molecular complexity index is 1390. The number of aromatic nitrogens is 1. The number of carboxylic acid groups (broad SMARTS) is 1. The zero-order valence-corrected chi connectivity index (χ0v) is 23.4. The Morgan fingerprint density at radius 3 is 2.08 bits per heavy atom. The highest BCUT2D eigenvalue weighted by Gasteiger charge is 2.60. The molecule has 0 amide bonds. The van der Waals surface area contributed by atoms with Crippen molar-refractivity contribution in [1.29, 1.82) is 0 Å². The molecule has 2 aromatic carbocycles. The van der Waals surface area contributed by atoms with Crippen LogP contribution in [0.1, 0.15) is 63.3 Å². The Hall–Kier alpha value is -3.30. The van der Waals surface area contributed by atoms with Gasteiger partial charge in [-0.15, -0.1) is 6.42 Å². The van der Waals surface area contributed by atoms with Gasteiger partial charge in [-0.25, -0.2) is 9.18 Å². The van der Waals surface area contributed by atoms with Crippen LogP contribution in [0.5, 0.6) is 0 Å². The summed E-state index contributed by atoms with van der Waals surface area (Å²) < 4.78 is 32.2. The van der Waals surface area contributed by atoms with Gasteiger partial charge in [0, 0.05) is 18.2 Å². The molecule has 0 aliphatic rings. The van der Waals surface area contributed by atoms with E-state index in [9.17, 15) is 24.0 Å². The molecule has 0 bridgehead atoms. The molecule has 0 saturated heterocycles. The molecular weight excluding hydrogens is 504 g/mol. The minimum atomic E-state index is -3.55. The van der Waals surface area contributed by atoms with Crippen molar-refractivity contribution in [1.82, 2.24) is 4.98 Å². The molecule has 0 radical (unpaired) electrons. The predicted molar refractivity (Wildman–Crippen MR) is 148 cm³/mol. The molecular formula is C30H33FNO5P. The number of aliphatic hydroxyl groups is 1. The number of carboxylic acids is 1. The van der Waals surface area contributed by atoms with E-state index in [2.05, 4.69) is 5.92 Å². The van der Waals surface area contributed by atoms with E-state index in [1.165, 1.54) is 19.1 Å². The maximum absolute atomic E-state index is 14.0. The molecule has 3 atom stereocenters. The highest BCUT2D eigenvalue weighted by Crippen LogP contribution is 2.55. The summed E-state index contributed by atoms with van der Waals surface area (Å²) in [5, 5.41) is 20.0. The van der Waals surface area contributed by atoms with Crippen molar-refractivity contribution in [3.8, 4) is 34.7 Å². The van der Waals surface area contributed by atoms with Crippen LogP contribution in [-0.2, 0) is 19.5 Å². The van der Waals surface area contributed by atoms with E-state index in [0.717, 1.165) is 12.7 Å². The molecule has 3 unspecified atom stereocenters. The lowest BCUT2D eigenvalue weighted by molar-refractivity contribution is -0.145. The topological polar surface area (TPSA) is 96.7 Å². The Morgan fingerprint density at radius 2 is 1.63 bits per heavy atom. The standard InChI is InChI=1S/C30H33FNO5P/c1-8-30(28(33)34,38(36)37-7)29(6,35)25-24(20-14-16-22(31)17-15-20)23(18(2)3)27(32-26(25)19(4)5)21-12-10-9-11-13-21/h1,9-19,35,38H,2-7H3,(H,33,34). The van der Waals surface area contributed by atoms with Gasteiger partial charge in [-0.2, -0.15) is 0 Å². The molecule has 1 aromatic heterocycles. The van der Waals surface area contributed by atoms with Gasteiger partial charge in [0.1, 0.15) is 11.4 Å². The van der Waals surface area contributed by atoms with Gasteiger partial charge < -0.3 is 14.7 Å². The molecule has 0 spiro atoms. The number of rotatable bonds is 9. The van der Waals surface area contributed by atoms with Crippen molar-refractivity contribution >= 4 is 14.0 Å². The highest BCUT2D eigenvalue weighted by molar-refractivity contribution is 7.43. The molecule has 3 aromatic rings. The van der Waals surface area contributed by atoms with Crippen LogP contribution in [0.4, 0.5) is 4.39 Å². The van der Waals surface area contributed by atoms with Gasteiger partial charge in [0.2, 0.25) is 13.2 Å². The molecule has 3 rings (SSSR count). The maximum atomic E-state index is 14.0. The molecule has 8 heteroatoms. The van der Waals surface area contributed by atoms with Crippen LogP contribution in [0.25, 0.3) is 22.4 Å². The molecule has 38 heavy (non-hydrogen) atoms. The Kier molecular flexibility index (Phi) is 8.63. The van der Waals surface area contributed by atoms with E-state index >= 15 is 0 Å². The first-order valence-electron chi connectivity index (χ1n) is 12.3. The normalized spacial score (nSPS) is 15.5. The number of carbonyl (C=O) groups is 1. The summed E-state index contributed by atoms with van der Waals surface area (Å²) in [5.74, 6) is -0.471. The average Bonchev–Trinajstić information content (AvgIpc) is 2.88. The van der Waals surface area contributed by atoms with Crippen LogP contribution >= 0.6 is 8.03 Å². The number of halogens is 1. The second kappa shape index (κ2) is 11.2. The van der Waals surface area contributed by atoms with Gasteiger partial charge >= 0.3 is 5.97 Å². The molecule has 6 nitrogen and oxygen atoms in total. The molecule has 200 valence electrons. The van der Waals surface area contributed by atoms with Crippen molar-refractivity contribution in [2.45, 2.75) is 57.2 Å². The zero-order valence-electron chi connectivity index (χ0n) is 22.4. The number of terminal acetylenes is 1. The average molecular weight is 538 g/mol. The number of hydrogen-bond donors (Lipinski definition) is 2. The first-order chi connectivity index (χ1) is 17.8. The lowest BCUT2D eigenvalue weighted by Gasteiger charge is -2.41. The highest BCUT2D eigenvalue weighted by atomic mass is 31.1. The van der Waals surface area contributed by atoms with Gasteiger partial charge in [-0.1, -0.05) is 76.1 Å². The smallest absolute Gasteiger partial charge is 0.335 e. The third-order valence-corrected chi connectivity index (χ3v) is 8.64. The van der Waals surface area contributed by atoms with Crippen LogP contribution in [-0.4, -0.2) is 33.4 Å². The minimum absolute atomic E-state index is 0.123. The molecule has 2 N–H and O–H groups in total. The van der Waals surface area contributed by atoms with E-state index in [-0.39, 0.29) is 17.4 Å². The van der Waals surface area contributed by atoms with Crippen LogP contribution < -0.4 is 0 Å². The first kappa shape index (κ1) is 29.3. The number of pyridine rings is 1. The Morgan fingerprint density at radius 1 is 1.05 bits per heavy atom. The van der Waals surface area contributed by atoms with E-state index < -0.39 is 30.6 Å². The van der Waals surface area contributed by atoms with Gasteiger partial charge in [0.05, 0.1) is 11.4 Å². The van der Waals surface area contributed by atoms with Crippen LogP contribution in [0, 0.1) is 18.2 Å². The summed E-state index contributed by atoms with van der Waals surface area (Å²) in [6, 6.07) is 15.2. The number of hydrogen-bond acceptors (Lipinski definition) is 5. The number of nitrogens with zero attached hydrogens (tertiary/aromatic N) is 1. The number of benzene rings is 2. The zero-order chi connectivity index (χ0) is 28.4. The Labute approximate surface area is 223 Å². The second-order valence-corrected chi connectivity index (χ2v) is 11.7. The monoisotopic (exact) mass is 537 g/mol. The van der Waals surface area contributed by atoms with Crippen molar-refractivity contribution in [2.24, 2.45) is 0 Å². The molecule has 0 saturated carbocycles. The largest absolute Gasteiger partial charge is 0.480 e. The van der Waals surface area contributed by atoms with E-state index in [0.29, 0.717) is 28.1 Å². The molecule has 0 aliphatic carbocycles. The van der Waals surface area contributed by atoms with Gasteiger partial charge in [-0.05, 0) is 47.6 Å².